The Morgan fingerprint density at radius 1 is 1.32 bits per heavy atom. The molecule has 0 saturated heterocycles. The van der Waals surface area contributed by atoms with E-state index in [0.29, 0.717) is 11.3 Å². The predicted molar refractivity (Wildman–Crippen MR) is 86.0 cm³/mol. The van der Waals surface area contributed by atoms with Crippen molar-refractivity contribution in [3.8, 4) is 0 Å². The maximum atomic E-state index is 8.97. The van der Waals surface area contributed by atoms with E-state index in [9.17, 15) is 0 Å². The van der Waals surface area contributed by atoms with Crippen LogP contribution in [-0.4, -0.2) is 29.3 Å². The lowest BCUT2D eigenvalue weighted by atomic mass is 10.00. The molecule has 0 aliphatic carbocycles. The molecule has 19 heavy (non-hydrogen) atoms. The normalized spacial score (nSPS) is 14.4. The molecule has 0 heterocycles. The Morgan fingerprint density at radius 2 is 2.05 bits per heavy atom. The molecule has 0 aliphatic heterocycles. The predicted octanol–water partition coefficient (Wildman–Crippen LogP) is 3.46. The summed E-state index contributed by atoms with van der Waals surface area (Å²) in [5.41, 5.74) is 4.08. The van der Waals surface area contributed by atoms with Crippen LogP contribution in [0.15, 0.2) is 18.2 Å². The molecule has 2 nitrogen and oxygen atoms in total. The van der Waals surface area contributed by atoms with Crippen LogP contribution in [0.2, 0.25) is 0 Å². The van der Waals surface area contributed by atoms with Gasteiger partial charge in [-0.05, 0) is 37.9 Å². The second kappa shape index (κ2) is 8.62. The summed E-state index contributed by atoms with van der Waals surface area (Å²) in [7, 11) is 0. The van der Waals surface area contributed by atoms with Crippen LogP contribution in [-0.2, 0) is 0 Å². The van der Waals surface area contributed by atoms with E-state index >= 15 is 0 Å². The Balaban J connectivity index is 2.73. The van der Waals surface area contributed by atoms with E-state index in [2.05, 4.69) is 51.2 Å². The SMILES string of the molecule is CCNC(CSC(C)CCO)c1cc(C)ccc1C. The van der Waals surface area contributed by atoms with Gasteiger partial charge in [0.2, 0.25) is 0 Å². The number of thioether (sulfide) groups is 1. The number of benzene rings is 1. The van der Waals surface area contributed by atoms with Crippen molar-refractivity contribution in [3.05, 3.63) is 34.9 Å². The van der Waals surface area contributed by atoms with Crippen LogP contribution in [0, 0.1) is 13.8 Å². The van der Waals surface area contributed by atoms with Crippen molar-refractivity contribution in [2.45, 2.75) is 45.4 Å². The first-order valence-corrected chi connectivity index (χ1v) is 8.16. The van der Waals surface area contributed by atoms with E-state index in [1.54, 1.807) is 0 Å². The Labute approximate surface area is 122 Å². The van der Waals surface area contributed by atoms with Gasteiger partial charge in [0.05, 0.1) is 0 Å². The minimum atomic E-state index is 0.281. The molecule has 108 valence electrons. The number of hydrogen-bond donors (Lipinski definition) is 2. The first-order chi connectivity index (χ1) is 9.08. The Morgan fingerprint density at radius 3 is 2.68 bits per heavy atom. The molecule has 1 rings (SSSR count). The smallest absolute Gasteiger partial charge is 0.0441 e. The lowest BCUT2D eigenvalue weighted by Crippen LogP contribution is -2.24. The Kier molecular flexibility index (Phi) is 7.51. The highest BCUT2D eigenvalue weighted by molar-refractivity contribution is 7.99. The van der Waals surface area contributed by atoms with Crippen molar-refractivity contribution in [1.29, 1.82) is 0 Å². The van der Waals surface area contributed by atoms with Gasteiger partial charge in [0, 0.05) is 23.7 Å². The third kappa shape index (κ3) is 5.55. The van der Waals surface area contributed by atoms with Crippen molar-refractivity contribution in [3.63, 3.8) is 0 Å². The fourth-order valence-corrected chi connectivity index (χ4v) is 3.26. The Bertz CT molecular complexity index is 381. The third-order valence-electron chi connectivity index (χ3n) is 3.34. The molecule has 0 radical (unpaired) electrons. The third-order valence-corrected chi connectivity index (χ3v) is 4.67. The van der Waals surface area contributed by atoms with Gasteiger partial charge in [0.25, 0.3) is 0 Å². The first kappa shape index (κ1) is 16.5. The van der Waals surface area contributed by atoms with Gasteiger partial charge in [0.15, 0.2) is 0 Å². The van der Waals surface area contributed by atoms with E-state index in [1.165, 1.54) is 16.7 Å². The van der Waals surface area contributed by atoms with Gasteiger partial charge in [-0.1, -0.05) is 37.6 Å². The summed E-state index contributed by atoms with van der Waals surface area (Å²) in [4.78, 5) is 0. The van der Waals surface area contributed by atoms with Gasteiger partial charge in [-0.2, -0.15) is 11.8 Å². The molecule has 0 spiro atoms. The van der Waals surface area contributed by atoms with Crippen molar-refractivity contribution in [1.82, 2.24) is 5.32 Å². The quantitative estimate of drug-likeness (QED) is 0.765. The number of aliphatic hydroxyl groups is 1. The standard InChI is InChI=1S/C16H27NOS/c1-5-17-16(11-19-14(4)8-9-18)15-10-12(2)6-7-13(15)3/h6-7,10,14,16-18H,5,8-9,11H2,1-4H3. The van der Waals surface area contributed by atoms with E-state index in [0.717, 1.165) is 18.7 Å². The monoisotopic (exact) mass is 281 g/mol. The molecule has 0 aliphatic rings. The molecular formula is C16H27NOS. The van der Waals surface area contributed by atoms with Crippen LogP contribution in [0.1, 0.15) is 43.0 Å². The maximum absolute atomic E-state index is 8.97. The van der Waals surface area contributed by atoms with Crippen LogP contribution < -0.4 is 5.32 Å². The van der Waals surface area contributed by atoms with Gasteiger partial charge in [-0.25, -0.2) is 0 Å². The van der Waals surface area contributed by atoms with E-state index < -0.39 is 0 Å². The lowest BCUT2D eigenvalue weighted by Gasteiger charge is -2.22. The van der Waals surface area contributed by atoms with Gasteiger partial charge in [-0.15, -0.1) is 0 Å². The van der Waals surface area contributed by atoms with Gasteiger partial charge in [-0.3, -0.25) is 0 Å². The zero-order chi connectivity index (χ0) is 14.3. The average molecular weight is 281 g/mol. The van der Waals surface area contributed by atoms with E-state index in [-0.39, 0.29) is 6.61 Å². The molecule has 2 atom stereocenters. The molecule has 1 aromatic rings. The lowest BCUT2D eigenvalue weighted by molar-refractivity contribution is 0.289. The number of aryl methyl sites for hydroxylation is 2. The van der Waals surface area contributed by atoms with Crippen LogP contribution >= 0.6 is 11.8 Å². The Hall–Kier alpha value is -0.510. The van der Waals surface area contributed by atoms with E-state index in [1.807, 2.05) is 11.8 Å². The van der Waals surface area contributed by atoms with Crippen LogP contribution in [0.25, 0.3) is 0 Å². The van der Waals surface area contributed by atoms with Crippen LogP contribution in [0.5, 0.6) is 0 Å². The second-order valence-electron chi connectivity index (χ2n) is 5.13. The molecule has 0 bridgehead atoms. The highest BCUT2D eigenvalue weighted by Crippen LogP contribution is 2.25. The molecule has 0 fully saturated rings. The molecule has 0 aromatic heterocycles. The topological polar surface area (TPSA) is 32.3 Å². The summed E-state index contributed by atoms with van der Waals surface area (Å²) in [6, 6.07) is 7.07. The number of rotatable bonds is 8. The second-order valence-corrected chi connectivity index (χ2v) is 6.60. The minimum absolute atomic E-state index is 0.281. The van der Waals surface area contributed by atoms with Crippen molar-refractivity contribution in [2.75, 3.05) is 18.9 Å². The van der Waals surface area contributed by atoms with Crippen LogP contribution in [0.3, 0.4) is 0 Å². The number of hydrogen-bond acceptors (Lipinski definition) is 3. The summed E-state index contributed by atoms with van der Waals surface area (Å²) < 4.78 is 0. The highest BCUT2D eigenvalue weighted by atomic mass is 32.2. The highest BCUT2D eigenvalue weighted by Gasteiger charge is 2.14. The summed E-state index contributed by atoms with van der Waals surface area (Å²) in [6.07, 6.45) is 0.871. The van der Waals surface area contributed by atoms with Crippen molar-refractivity contribution < 1.29 is 5.11 Å². The number of nitrogens with one attached hydrogen (secondary N) is 1. The van der Waals surface area contributed by atoms with Crippen molar-refractivity contribution >= 4 is 11.8 Å². The minimum Gasteiger partial charge on any atom is -0.396 e. The zero-order valence-corrected chi connectivity index (χ0v) is 13.4. The molecule has 0 saturated carbocycles. The summed E-state index contributed by atoms with van der Waals surface area (Å²) >= 11 is 1.94. The number of aliphatic hydroxyl groups excluding tert-OH is 1. The fourth-order valence-electron chi connectivity index (χ4n) is 2.17. The molecule has 0 amide bonds. The maximum Gasteiger partial charge on any atom is 0.0441 e. The largest absolute Gasteiger partial charge is 0.396 e. The molecule has 2 unspecified atom stereocenters. The van der Waals surface area contributed by atoms with Gasteiger partial charge in [0.1, 0.15) is 0 Å². The summed E-state index contributed by atoms with van der Waals surface area (Å²) in [5.74, 6) is 1.05. The molecule has 3 heteroatoms. The van der Waals surface area contributed by atoms with Gasteiger partial charge < -0.3 is 10.4 Å². The fraction of sp³-hybridized carbons (Fsp3) is 0.625. The van der Waals surface area contributed by atoms with Crippen molar-refractivity contribution in [2.24, 2.45) is 0 Å². The van der Waals surface area contributed by atoms with Crippen LogP contribution in [0.4, 0.5) is 0 Å². The molecular weight excluding hydrogens is 254 g/mol. The molecule has 1 aromatic carbocycles. The first-order valence-electron chi connectivity index (χ1n) is 7.11. The summed E-state index contributed by atoms with van der Waals surface area (Å²) in [5, 5.41) is 13.1. The van der Waals surface area contributed by atoms with E-state index in [4.69, 9.17) is 5.11 Å². The van der Waals surface area contributed by atoms with Gasteiger partial charge >= 0.3 is 0 Å². The summed E-state index contributed by atoms with van der Waals surface area (Å²) in [6.45, 7) is 9.93. The molecule has 2 N–H and O–H groups in total. The zero-order valence-electron chi connectivity index (χ0n) is 12.6. The average Bonchev–Trinajstić information content (AvgIpc) is 2.38.